The van der Waals surface area contributed by atoms with Crippen LogP contribution in [0.4, 0.5) is 42.9 Å². The Morgan fingerprint density at radius 2 is 0.745 bits per heavy atom. The second-order valence-corrected chi connectivity index (χ2v) is 39.2. The van der Waals surface area contributed by atoms with Gasteiger partial charge in [-0.05, 0) is 243 Å². The van der Waals surface area contributed by atoms with Gasteiger partial charge in [-0.2, -0.15) is 0 Å². The van der Waals surface area contributed by atoms with Crippen LogP contribution in [0.3, 0.4) is 0 Å². The predicted octanol–water partition coefficient (Wildman–Crippen LogP) is 30.8. The summed E-state index contributed by atoms with van der Waals surface area (Å²) in [6.45, 7) is 27.6. The maximum absolute atomic E-state index is 13.2. The summed E-state index contributed by atoms with van der Waals surface area (Å²) >= 11 is 0. The van der Waals surface area contributed by atoms with Gasteiger partial charge < -0.3 is 40.2 Å². The molecule has 0 saturated heterocycles. The number of hydrogen-bond acceptors (Lipinski definition) is 10. The first kappa shape index (κ1) is 102. The van der Waals surface area contributed by atoms with E-state index < -0.39 is 23.0 Å². The molecule has 21 rings (SSSR count). The first-order valence-corrected chi connectivity index (χ1v) is 47.9. The minimum absolute atomic E-state index is 0. The van der Waals surface area contributed by atoms with E-state index in [-0.39, 0.29) is 80.8 Å². The van der Waals surface area contributed by atoms with E-state index in [0.29, 0.717) is 29.8 Å². The monoisotopic (exact) mass is 2210 g/mol. The fourth-order valence-corrected chi connectivity index (χ4v) is 19.8. The second-order valence-electron chi connectivity index (χ2n) is 39.2. The molecule has 2 aliphatic rings. The first-order valence-electron chi connectivity index (χ1n) is 47.9. The molecule has 0 bridgehead atoms. The third-order valence-electron chi connectivity index (χ3n) is 26.7. The van der Waals surface area contributed by atoms with Crippen molar-refractivity contribution in [1.82, 2.24) is 19.9 Å². The Bertz CT molecular complexity index is 7120. The molecule has 2 radical (unpaired) electrons. The molecule has 4 unspecified atom stereocenters. The number of fused-ring (bicyclic) bond motifs is 6. The number of rotatable bonds is 18. The van der Waals surface area contributed by atoms with Gasteiger partial charge in [-0.25, -0.2) is 4.39 Å². The number of nitrogens with zero attached hydrogens (tertiary/aromatic N) is 6. The first-order chi connectivity index (χ1) is 67.0. The summed E-state index contributed by atoms with van der Waals surface area (Å²) in [5.74, 6) is -0.451. The van der Waals surface area contributed by atoms with Gasteiger partial charge in [-0.1, -0.05) is 310 Å². The number of aliphatic hydroxyl groups excluding tert-OH is 4. The van der Waals surface area contributed by atoms with Gasteiger partial charge in [0, 0.05) is 115 Å². The van der Waals surface area contributed by atoms with Crippen molar-refractivity contribution in [2.75, 3.05) is 9.80 Å². The van der Waals surface area contributed by atoms with Crippen LogP contribution >= 0.6 is 0 Å². The van der Waals surface area contributed by atoms with Crippen LogP contribution < -0.4 is 9.80 Å². The summed E-state index contributed by atoms with van der Waals surface area (Å²) in [6, 6.07) is 138. The molecule has 4 atom stereocenters. The molecule has 17 aromatic carbocycles. The topological polar surface area (TPSA) is 139 Å². The van der Waals surface area contributed by atoms with E-state index >= 15 is 0 Å². The van der Waals surface area contributed by atoms with Crippen LogP contribution in [0.25, 0.3) is 88.3 Å². The number of halogens is 2. The molecule has 141 heavy (non-hydrogen) atoms. The molecule has 2 aliphatic carbocycles. The van der Waals surface area contributed by atoms with Crippen molar-refractivity contribution in [3.63, 3.8) is 0 Å². The molecule has 0 spiro atoms. The molecule has 10 nitrogen and oxygen atoms in total. The van der Waals surface area contributed by atoms with Crippen LogP contribution in [0, 0.1) is 62.3 Å². The molecule has 2 aromatic heterocycles. The van der Waals surface area contributed by atoms with Crippen molar-refractivity contribution in [3.05, 3.63) is 479 Å². The average Bonchev–Trinajstić information content (AvgIpc) is 1.54. The fraction of sp³-hybridized carbons (Fsp3) is 0.197. The van der Waals surface area contributed by atoms with E-state index in [9.17, 15) is 19.0 Å². The summed E-state index contributed by atoms with van der Waals surface area (Å²) < 4.78 is 26.3. The Hall–Kier alpha value is -13.5. The zero-order valence-electron chi connectivity index (χ0n) is 82.1. The SMILES string of the molecule is CC(C)(C)C(O)CC(O)C(C)(C)C.CC(C)c1cnc(-c2[c-]cc(F)cc2)c(-c2ccc(F)cc2)n1.CC(O)CC(C)O.Cc1cccc(N(c2cccc(C3(c4ccccc4)c4ccccc4-c4ccccc43)c2)c2ccc3ccc4c(N(c5cccc(C)c5)c5cccc(C6(c7ccccc7)c7ccccc7-c7ccccc76)c5)ccc5ccc2c3c54)c1.Cc1cnc(-c2[c-]cccc2)c(C)n1.[Ir].[Ir]. The van der Waals surface area contributed by atoms with E-state index in [0.717, 1.165) is 68.0 Å². The Morgan fingerprint density at radius 3 is 1.13 bits per heavy atom. The summed E-state index contributed by atoms with van der Waals surface area (Å²) in [7, 11) is 0. The van der Waals surface area contributed by atoms with Gasteiger partial charge in [0.15, 0.2) is 0 Å². The van der Waals surface area contributed by atoms with Crippen molar-refractivity contribution in [3.8, 4) is 56.0 Å². The van der Waals surface area contributed by atoms with Crippen LogP contribution in [0.2, 0.25) is 0 Å². The van der Waals surface area contributed by atoms with Gasteiger partial charge >= 0.3 is 0 Å². The Kier molecular flexibility index (Phi) is 31.6. The van der Waals surface area contributed by atoms with E-state index in [1.54, 1.807) is 44.4 Å². The van der Waals surface area contributed by atoms with Crippen LogP contribution in [0.15, 0.2) is 382 Å². The molecule has 14 heteroatoms. The quantitative estimate of drug-likeness (QED) is 0.0485. The molecule has 0 fully saturated rings. The Labute approximate surface area is 855 Å². The average molecular weight is 2210 g/mol. The van der Waals surface area contributed by atoms with Crippen molar-refractivity contribution in [1.29, 1.82) is 0 Å². The third-order valence-corrected chi connectivity index (χ3v) is 26.7. The normalized spacial score (nSPS) is 13.3. The van der Waals surface area contributed by atoms with Crippen LogP contribution in [0.1, 0.15) is 161 Å². The van der Waals surface area contributed by atoms with Crippen LogP contribution in [-0.4, -0.2) is 64.8 Å². The molecular formula is C127H118F2Ir2N6O4-2. The summed E-state index contributed by atoms with van der Waals surface area (Å²) in [4.78, 5) is 22.9. The van der Waals surface area contributed by atoms with Crippen molar-refractivity contribution in [2.45, 2.75) is 151 Å². The van der Waals surface area contributed by atoms with E-state index in [1.807, 2.05) is 93.5 Å². The van der Waals surface area contributed by atoms with Gasteiger partial charge in [0.2, 0.25) is 0 Å². The molecule has 19 aromatic rings. The largest absolute Gasteiger partial charge is 0.393 e. The van der Waals surface area contributed by atoms with Crippen molar-refractivity contribution < 1.29 is 69.4 Å². The van der Waals surface area contributed by atoms with E-state index in [4.69, 9.17) is 10.2 Å². The third kappa shape index (κ3) is 21.2. The number of anilines is 6. The van der Waals surface area contributed by atoms with Gasteiger partial charge in [0.1, 0.15) is 5.82 Å². The minimum Gasteiger partial charge on any atom is -0.393 e. The van der Waals surface area contributed by atoms with Gasteiger partial charge in [-0.3, -0.25) is 14.4 Å². The zero-order chi connectivity index (χ0) is 97.6. The summed E-state index contributed by atoms with van der Waals surface area (Å²) in [5, 5.41) is 44.0. The minimum atomic E-state index is -0.543. The van der Waals surface area contributed by atoms with E-state index in [1.165, 1.54) is 134 Å². The number of aromatic nitrogens is 4. The van der Waals surface area contributed by atoms with Crippen molar-refractivity contribution >= 4 is 66.4 Å². The van der Waals surface area contributed by atoms with Crippen LogP contribution in [0.5, 0.6) is 0 Å². The molecule has 0 amide bonds. The second kappa shape index (κ2) is 43.7. The predicted molar refractivity (Wildman–Crippen MR) is 569 cm³/mol. The number of hydrogen-bond donors (Lipinski definition) is 4. The smallest absolute Gasteiger partial charge is 0.123 e. The van der Waals surface area contributed by atoms with Crippen molar-refractivity contribution in [2.24, 2.45) is 10.8 Å². The molecule has 2 heterocycles. The number of benzene rings is 17. The number of aryl methyl sites for hydroxylation is 4. The standard InChI is InChI=1S/C80H56N2.C19H15F2N2.C12H11N2.C11H24O2.C5H12O2.2Ir/c1-53-21-17-29-61(49-53)81(63-31-19-27-59(51-63)79(57-23-5-3-6-24-57)71-37-13-9-33-65(71)66-34-10-14-38-72(66)79)75-47-43-55-42-46-70-76(48-44-56-41-45-69(75)77(55)78(56)70)82(62-30-18-22-54(2)50-62)64-32-20-28-60(52-64)80(58-25-7-4-8-26-58)73-39-15-11-35-67(73)68-36-12-16-40-74(68)80;1-12(2)17-11-22-18(13-3-7-15(20)8-4-13)19(23-17)14-5-9-16(21)10-6-14;1-9-8-13-12(10(2)14-9)11-6-4-3-5-7-11;1-10(2,3)8(12)7-9(13)11(4,5)6;1-4(6)3-5(2)7;;/h3-52H,1-2H3;3,5-12H,1-2H3;3-6,8H,1-2H3;8-9,12-13H,7H2,1-6H3;4-7H,3H2,1-2H3;;/q;2*-1;;;;. The summed E-state index contributed by atoms with van der Waals surface area (Å²) in [6.07, 6.45) is 2.78. The summed E-state index contributed by atoms with van der Waals surface area (Å²) in [5.41, 5.74) is 30.3. The maximum Gasteiger partial charge on any atom is 0.123 e. The van der Waals surface area contributed by atoms with Gasteiger partial charge in [-0.15, -0.1) is 65.7 Å². The van der Waals surface area contributed by atoms with Gasteiger partial charge in [0.05, 0.1) is 63.7 Å². The molecule has 0 saturated carbocycles. The van der Waals surface area contributed by atoms with Gasteiger partial charge in [0.25, 0.3) is 0 Å². The molecular weight excluding hydrogens is 2100 g/mol. The molecule has 714 valence electrons. The zero-order valence-corrected chi connectivity index (χ0v) is 86.9. The maximum atomic E-state index is 13.2. The Morgan fingerprint density at radius 1 is 0.355 bits per heavy atom. The Balaban J connectivity index is 0.000000205. The number of aliphatic hydroxyl groups is 4. The fourth-order valence-electron chi connectivity index (χ4n) is 19.8. The molecule has 0 aliphatic heterocycles. The molecule has 4 N–H and O–H groups in total. The van der Waals surface area contributed by atoms with E-state index in [2.05, 4.69) is 359 Å². The van der Waals surface area contributed by atoms with Crippen LogP contribution in [-0.2, 0) is 51.0 Å².